The molecule has 0 aromatic heterocycles. The van der Waals surface area contributed by atoms with E-state index in [0.717, 1.165) is 18.8 Å². The Labute approximate surface area is 61.5 Å². The zero-order valence-corrected chi connectivity index (χ0v) is 6.36. The number of hydrogen-bond acceptors (Lipinski definition) is 2. The minimum Gasteiger partial charge on any atom is -0.501 e. The summed E-state index contributed by atoms with van der Waals surface area (Å²) in [6.07, 6.45) is 5.36. The fourth-order valence-corrected chi connectivity index (χ4v) is 1.23. The van der Waals surface area contributed by atoms with Crippen molar-refractivity contribution in [3.8, 4) is 0 Å². The number of allylic oxidation sites excluding steroid dienone is 1. The first-order chi connectivity index (χ1) is 4.43. The molecule has 52 valence electrons. The summed E-state index contributed by atoms with van der Waals surface area (Å²) in [4.78, 5) is 0. The minimum atomic E-state index is 0.899. The monoisotopic (exact) mass is 144 g/mol. The van der Waals surface area contributed by atoms with Gasteiger partial charge in [-0.25, -0.2) is 0 Å². The lowest BCUT2D eigenvalue weighted by atomic mass is 10.1. The quantitative estimate of drug-likeness (QED) is 0.583. The van der Waals surface area contributed by atoms with Gasteiger partial charge in [0.2, 0.25) is 0 Å². The predicted molar refractivity (Wildman–Crippen MR) is 41.7 cm³/mol. The molecule has 1 heterocycles. The van der Waals surface area contributed by atoms with Crippen LogP contribution in [0.2, 0.25) is 0 Å². The maximum atomic E-state index is 5.14. The summed E-state index contributed by atoms with van der Waals surface area (Å²) in [5.74, 6) is 0.940. The highest BCUT2D eigenvalue weighted by molar-refractivity contribution is 7.80. The minimum absolute atomic E-state index is 0.899. The molecule has 0 N–H and O–H groups in total. The van der Waals surface area contributed by atoms with Gasteiger partial charge in [-0.05, 0) is 30.6 Å². The van der Waals surface area contributed by atoms with Crippen molar-refractivity contribution in [2.45, 2.75) is 19.3 Å². The molecule has 1 nitrogen and oxygen atoms in total. The Morgan fingerprint density at radius 1 is 1.67 bits per heavy atom. The Hall–Kier alpha value is -0.110. The fraction of sp³-hybridized carbons (Fsp3) is 0.714. The highest BCUT2D eigenvalue weighted by Gasteiger charge is 2.01. The maximum Gasteiger partial charge on any atom is 0.0876 e. The topological polar surface area (TPSA) is 9.23 Å². The van der Waals surface area contributed by atoms with Crippen molar-refractivity contribution >= 4 is 12.6 Å². The number of thiol groups is 1. The Morgan fingerprint density at radius 2 is 2.56 bits per heavy atom. The molecule has 0 radical (unpaired) electrons. The third kappa shape index (κ3) is 2.31. The summed E-state index contributed by atoms with van der Waals surface area (Å²) in [5.41, 5.74) is 1.41. The van der Waals surface area contributed by atoms with Crippen LogP contribution in [0.3, 0.4) is 0 Å². The fourth-order valence-electron chi connectivity index (χ4n) is 0.946. The molecular formula is C7H12OS. The molecule has 1 aliphatic rings. The third-order valence-electron chi connectivity index (χ3n) is 1.44. The van der Waals surface area contributed by atoms with Crippen molar-refractivity contribution in [3.05, 3.63) is 11.8 Å². The molecule has 0 aliphatic carbocycles. The lowest BCUT2D eigenvalue weighted by molar-refractivity contribution is 0.223. The van der Waals surface area contributed by atoms with E-state index in [2.05, 4.69) is 12.6 Å². The lowest BCUT2D eigenvalue weighted by Gasteiger charge is -2.11. The number of rotatable bonds is 2. The van der Waals surface area contributed by atoms with Gasteiger partial charge < -0.3 is 4.74 Å². The van der Waals surface area contributed by atoms with E-state index in [0.29, 0.717) is 0 Å². The van der Waals surface area contributed by atoms with E-state index in [9.17, 15) is 0 Å². The van der Waals surface area contributed by atoms with Gasteiger partial charge in [0.15, 0.2) is 0 Å². The summed E-state index contributed by atoms with van der Waals surface area (Å²) in [5, 5.41) is 0. The first-order valence-electron chi connectivity index (χ1n) is 3.34. The van der Waals surface area contributed by atoms with E-state index in [1.807, 2.05) is 6.26 Å². The highest BCUT2D eigenvalue weighted by Crippen LogP contribution is 2.14. The molecule has 0 saturated heterocycles. The first kappa shape index (κ1) is 7.00. The van der Waals surface area contributed by atoms with Crippen LogP contribution in [0.5, 0.6) is 0 Å². The first-order valence-corrected chi connectivity index (χ1v) is 3.97. The average molecular weight is 144 g/mol. The van der Waals surface area contributed by atoms with Gasteiger partial charge in [0.05, 0.1) is 12.9 Å². The van der Waals surface area contributed by atoms with Crippen LogP contribution in [0.4, 0.5) is 0 Å². The van der Waals surface area contributed by atoms with E-state index < -0.39 is 0 Å². The average Bonchev–Trinajstić information content (AvgIpc) is 1.91. The summed E-state index contributed by atoms with van der Waals surface area (Å²) in [6, 6.07) is 0. The molecule has 9 heavy (non-hydrogen) atoms. The summed E-state index contributed by atoms with van der Waals surface area (Å²) in [6.45, 7) is 0.899. The van der Waals surface area contributed by atoms with Crippen LogP contribution in [0.15, 0.2) is 11.8 Å². The van der Waals surface area contributed by atoms with Crippen LogP contribution in [-0.2, 0) is 4.74 Å². The molecule has 0 saturated carbocycles. The van der Waals surface area contributed by atoms with E-state index in [1.54, 1.807) is 0 Å². The van der Waals surface area contributed by atoms with Crippen LogP contribution in [0.25, 0.3) is 0 Å². The van der Waals surface area contributed by atoms with Gasteiger partial charge in [0.1, 0.15) is 0 Å². The van der Waals surface area contributed by atoms with Crippen LogP contribution >= 0.6 is 12.6 Å². The second-order valence-corrected chi connectivity index (χ2v) is 2.67. The zero-order valence-electron chi connectivity index (χ0n) is 5.47. The maximum absolute atomic E-state index is 5.14. The lowest BCUT2D eigenvalue weighted by Crippen LogP contribution is -1.99. The molecule has 0 unspecified atom stereocenters. The second kappa shape index (κ2) is 3.83. The number of ether oxygens (including phenoxy) is 1. The molecule has 0 aromatic carbocycles. The molecule has 1 rings (SSSR count). The molecule has 0 atom stereocenters. The van der Waals surface area contributed by atoms with Gasteiger partial charge in [-0.2, -0.15) is 12.6 Å². The van der Waals surface area contributed by atoms with Crippen LogP contribution in [0, 0.1) is 0 Å². The molecule has 0 amide bonds. The summed E-state index contributed by atoms with van der Waals surface area (Å²) < 4.78 is 5.14. The van der Waals surface area contributed by atoms with Crippen molar-refractivity contribution in [1.82, 2.24) is 0 Å². The van der Waals surface area contributed by atoms with Gasteiger partial charge in [0.25, 0.3) is 0 Å². The molecule has 0 aromatic rings. The summed E-state index contributed by atoms with van der Waals surface area (Å²) in [7, 11) is 0. The number of hydrogen-bond donors (Lipinski definition) is 1. The largest absolute Gasteiger partial charge is 0.501 e. The molecule has 0 bridgehead atoms. The Bertz CT molecular complexity index is 109. The zero-order chi connectivity index (χ0) is 6.53. The molecule has 0 fully saturated rings. The van der Waals surface area contributed by atoms with E-state index in [4.69, 9.17) is 4.74 Å². The predicted octanol–water partition coefficient (Wildman–Crippen LogP) is 2.00. The van der Waals surface area contributed by atoms with Crippen molar-refractivity contribution in [3.63, 3.8) is 0 Å². The van der Waals surface area contributed by atoms with Gasteiger partial charge >= 0.3 is 0 Å². The van der Waals surface area contributed by atoms with E-state index >= 15 is 0 Å². The third-order valence-corrected chi connectivity index (χ3v) is 1.67. The molecule has 0 spiro atoms. The molecular weight excluding hydrogens is 132 g/mol. The van der Waals surface area contributed by atoms with Gasteiger partial charge in [-0.3, -0.25) is 0 Å². The smallest absolute Gasteiger partial charge is 0.0876 e. The van der Waals surface area contributed by atoms with Gasteiger partial charge in [-0.1, -0.05) is 0 Å². The van der Waals surface area contributed by atoms with Gasteiger partial charge in [0, 0.05) is 0 Å². The van der Waals surface area contributed by atoms with Crippen molar-refractivity contribution in [2.75, 3.05) is 12.4 Å². The highest BCUT2D eigenvalue weighted by atomic mass is 32.1. The Morgan fingerprint density at radius 3 is 3.11 bits per heavy atom. The standard InChI is InChI=1S/C7H12OS/c9-5-3-7-2-1-4-8-6-7/h6,9H,1-5H2. The van der Waals surface area contributed by atoms with Gasteiger partial charge in [-0.15, -0.1) is 0 Å². The Balaban J connectivity index is 2.28. The molecule has 2 heteroatoms. The van der Waals surface area contributed by atoms with E-state index in [1.165, 1.54) is 18.4 Å². The van der Waals surface area contributed by atoms with E-state index in [-0.39, 0.29) is 0 Å². The van der Waals surface area contributed by atoms with Crippen LogP contribution in [-0.4, -0.2) is 12.4 Å². The summed E-state index contributed by atoms with van der Waals surface area (Å²) >= 11 is 4.13. The normalized spacial score (nSPS) is 18.6. The van der Waals surface area contributed by atoms with Crippen LogP contribution < -0.4 is 0 Å². The molecule has 1 aliphatic heterocycles. The van der Waals surface area contributed by atoms with Crippen molar-refractivity contribution < 1.29 is 4.74 Å². The van der Waals surface area contributed by atoms with Crippen molar-refractivity contribution in [1.29, 1.82) is 0 Å². The second-order valence-electron chi connectivity index (χ2n) is 2.22. The van der Waals surface area contributed by atoms with Crippen LogP contribution in [0.1, 0.15) is 19.3 Å². The SMILES string of the molecule is SCCC1=COCCC1. The van der Waals surface area contributed by atoms with Crippen molar-refractivity contribution in [2.24, 2.45) is 0 Å². The Kier molecular flexibility index (Phi) is 2.98.